The quantitative estimate of drug-likeness (QED) is 0.415. The highest BCUT2D eigenvalue weighted by Gasteiger charge is 2.30. The summed E-state index contributed by atoms with van der Waals surface area (Å²) in [6.45, 7) is 2.38. The molecule has 0 saturated carbocycles. The number of carbonyl (C=O) groups excluding carboxylic acids is 2. The van der Waals surface area contributed by atoms with E-state index in [9.17, 15) is 14.7 Å². The molecule has 2 aromatic carbocycles. The summed E-state index contributed by atoms with van der Waals surface area (Å²) in [5.41, 5.74) is 1.26. The van der Waals surface area contributed by atoms with Crippen molar-refractivity contribution in [3.63, 3.8) is 0 Å². The lowest BCUT2D eigenvalue weighted by Crippen LogP contribution is -2.23. The number of methoxy groups -OCH3 is 1. The van der Waals surface area contributed by atoms with Gasteiger partial charge in [0.1, 0.15) is 0 Å². The van der Waals surface area contributed by atoms with E-state index in [0.717, 1.165) is 9.13 Å². The van der Waals surface area contributed by atoms with Gasteiger partial charge in [-0.25, -0.2) is 4.99 Å². The average molecular weight is 537 g/mol. The number of aromatic carboxylic acids is 1. The van der Waals surface area contributed by atoms with Crippen LogP contribution in [0.1, 0.15) is 22.8 Å². The number of carbonyl (C=O) groups is 2. The molecule has 1 heterocycles. The van der Waals surface area contributed by atoms with Gasteiger partial charge in [-0.1, -0.05) is 12.1 Å². The standard InChI is InChI=1S/C21H19IN2O5S/c1-4-29-16-9-12(8-15(22)18(16)28-3)10-17-19(25)24(2)21(30-17)23-14-7-5-6-13(11-14)20(26)27/h5-11H,4H2,1-3H3,(H,26,27)/p-1/b17-10-,23-21?. The Hall–Kier alpha value is -2.53. The molecule has 0 aliphatic carbocycles. The number of benzene rings is 2. The van der Waals surface area contributed by atoms with Gasteiger partial charge in [-0.05, 0) is 82.7 Å². The van der Waals surface area contributed by atoms with Crippen LogP contribution in [-0.2, 0) is 4.79 Å². The first-order chi connectivity index (χ1) is 14.3. The molecule has 0 spiro atoms. The topological polar surface area (TPSA) is 91.3 Å². The fourth-order valence-electron chi connectivity index (χ4n) is 2.75. The molecule has 1 fully saturated rings. The third kappa shape index (κ3) is 4.78. The zero-order valence-electron chi connectivity index (χ0n) is 16.5. The van der Waals surface area contributed by atoms with Crippen LogP contribution in [0.25, 0.3) is 6.08 Å². The Morgan fingerprint density at radius 3 is 2.77 bits per heavy atom. The lowest BCUT2D eigenvalue weighted by Gasteiger charge is -2.12. The fourth-order valence-corrected chi connectivity index (χ4v) is 4.58. The number of amidine groups is 1. The van der Waals surface area contributed by atoms with Gasteiger partial charge in [-0.2, -0.15) is 0 Å². The molecule has 1 amide bonds. The van der Waals surface area contributed by atoms with Crippen LogP contribution in [-0.4, -0.2) is 42.7 Å². The smallest absolute Gasteiger partial charge is 0.266 e. The first-order valence-corrected chi connectivity index (χ1v) is 10.8. The molecule has 0 radical (unpaired) electrons. The number of thioether (sulfide) groups is 1. The van der Waals surface area contributed by atoms with Gasteiger partial charge in [-0.3, -0.25) is 9.69 Å². The van der Waals surface area contributed by atoms with E-state index in [2.05, 4.69) is 27.6 Å². The Balaban J connectivity index is 1.93. The molecule has 0 bridgehead atoms. The number of halogens is 1. The molecule has 9 heteroatoms. The highest BCUT2D eigenvalue weighted by Crippen LogP contribution is 2.37. The molecule has 0 atom stereocenters. The molecule has 1 aliphatic rings. The molecular weight excluding hydrogens is 519 g/mol. The van der Waals surface area contributed by atoms with E-state index in [4.69, 9.17) is 9.47 Å². The summed E-state index contributed by atoms with van der Waals surface area (Å²) in [5.74, 6) is -0.216. The number of rotatable bonds is 6. The Morgan fingerprint density at radius 2 is 2.10 bits per heavy atom. The van der Waals surface area contributed by atoms with Crippen LogP contribution in [0.5, 0.6) is 11.5 Å². The number of amides is 1. The summed E-state index contributed by atoms with van der Waals surface area (Å²) in [4.78, 5) is 30.1. The monoisotopic (exact) mass is 537 g/mol. The zero-order chi connectivity index (χ0) is 21.8. The minimum Gasteiger partial charge on any atom is -0.545 e. The predicted molar refractivity (Wildman–Crippen MR) is 123 cm³/mol. The van der Waals surface area contributed by atoms with Gasteiger partial charge in [-0.15, -0.1) is 0 Å². The molecule has 7 nitrogen and oxygen atoms in total. The first kappa shape index (κ1) is 22.2. The number of ether oxygens (including phenoxy) is 2. The van der Waals surface area contributed by atoms with Gasteiger partial charge >= 0.3 is 0 Å². The molecule has 1 aliphatic heterocycles. The third-order valence-electron chi connectivity index (χ3n) is 4.14. The third-order valence-corrected chi connectivity index (χ3v) is 6.01. The molecule has 3 rings (SSSR count). The normalized spacial score (nSPS) is 16.4. The van der Waals surface area contributed by atoms with Crippen LogP contribution < -0.4 is 14.6 Å². The lowest BCUT2D eigenvalue weighted by molar-refractivity contribution is -0.255. The summed E-state index contributed by atoms with van der Waals surface area (Å²) in [6, 6.07) is 9.81. The minimum atomic E-state index is -1.28. The maximum absolute atomic E-state index is 12.7. The van der Waals surface area contributed by atoms with Crippen LogP contribution in [0, 0.1) is 3.57 Å². The summed E-state index contributed by atoms with van der Waals surface area (Å²) in [6.07, 6.45) is 1.77. The molecule has 156 valence electrons. The van der Waals surface area contributed by atoms with Crippen molar-refractivity contribution in [2.75, 3.05) is 20.8 Å². The molecular formula is C21H18IN2O5S-. The minimum absolute atomic E-state index is 0.0286. The van der Waals surface area contributed by atoms with Crippen molar-refractivity contribution in [2.24, 2.45) is 4.99 Å². The van der Waals surface area contributed by atoms with E-state index in [1.807, 2.05) is 19.1 Å². The maximum atomic E-state index is 12.7. The van der Waals surface area contributed by atoms with Crippen LogP contribution in [0.2, 0.25) is 0 Å². The number of likely N-dealkylation sites (N-methyl/N-ethyl adjacent to an activating group) is 1. The van der Waals surface area contributed by atoms with Gasteiger partial charge in [0.2, 0.25) is 0 Å². The van der Waals surface area contributed by atoms with Gasteiger partial charge in [0.25, 0.3) is 5.91 Å². The molecule has 0 unspecified atom stereocenters. The molecule has 30 heavy (non-hydrogen) atoms. The van der Waals surface area contributed by atoms with E-state index < -0.39 is 5.97 Å². The van der Waals surface area contributed by atoms with Crippen LogP contribution in [0.15, 0.2) is 46.3 Å². The SMILES string of the molecule is CCOc1cc(/C=C2\SC(=Nc3cccc(C(=O)[O-])c3)N(C)C2=O)cc(I)c1OC. The summed E-state index contributed by atoms with van der Waals surface area (Å²) >= 11 is 3.38. The van der Waals surface area contributed by atoms with Crippen LogP contribution in [0.4, 0.5) is 5.69 Å². The van der Waals surface area contributed by atoms with Crippen molar-refractivity contribution in [3.05, 3.63) is 56.0 Å². The number of nitrogens with zero attached hydrogens (tertiary/aromatic N) is 2. The van der Waals surface area contributed by atoms with Crippen molar-refractivity contribution >= 4 is 63.2 Å². The van der Waals surface area contributed by atoms with E-state index in [-0.39, 0.29) is 11.5 Å². The number of hydrogen-bond acceptors (Lipinski definition) is 7. The molecule has 0 N–H and O–H groups in total. The fraction of sp³-hybridized carbons (Fsp3) is 0.190. The summed E-state index contributed by atoms with van der Waals surface area (Å²) in [5, 5.41) is 11.5. The van der Waals surface area contributed by atoms with E-state index in [1.54, 1.807) is 32.4 Å². The van der Waals surface area contributed by atoms with Crippen LogP contribution in [0.3, 0.4) is 0 Å². The van der Waals surface area contributed by atoms with Crippen molar-refractivity contribution in [3.8, 4) is 11.5 Å². The molecule has 0 aromatic heterocycles. The van der Waals surface area contributed by atoms with Crippen molar-refractivity contribution in [1.29, 1.82) is 0 Å². The lowest BCUT2D eigenvalue weighted by atomic mass is 10.2. The second-order valence-electron chi connectivity index (χ2n) is 6.17. The van der Waals surface area contributed by atoms with E-state index >= 15 is 0 Å². The number of aliphatic imine (C=N–C) groups is 1. The van der Waals surface area contributed by atoms with Gasteiger partial charge in [0.15, 0.2) is 16.7 Å². The average Bonchev–Trinajstić information content (AvgIpc) is 2.96. The van der Waals surface area contributed by atoms with Gasteiger partial charge in [0, 0.05) is 7.05 Å². The molecule has 2 aromatic rings. The zero-order valence-corrected chi connectivity index (χ0v) is 19.4. The Labute approximate surface area is 191 Å². The first-order valence-electron chi connectivity index (χ1n) is 8.92. The second kappa shape index (κ2) is 9.52. The Bertz CT molecular complexity index is 1070. The van der Waals surface area contributed by atoms with Crippen molar-refractivity contribution in [2.45, 2.75) is 6.92 Å². The predicted octanol–water partition coefficient (Wildman–Crippen LogP) is 3.30. The second-order valence-corrected chi connectivity index (χ2v) is 8.35. The highest BCUT2D eigenvalue weighted by molar-refractivity contribution is 14.1. The number of hydrogen-bond donors (Lipinski definition) is 0. The Morgan fingerprint density at radius 1 is 1.33 bits per heavy atom. The van der Waals surface area contributed by atoms with Crippen LogP contribution >= 0.6 is 34.4 Å². The summed E-state index contributed by atoms with van der Waals surface area (Å²) in [7, 11) is 3.21. The number of carboxylic acid groups (broad SMARTS) is 1. The Kier molecular flexibility index (Phi) is 7.03. The van der Waals surface area contributed by atoms with Crippen molar-refractivity contribution < 1.29 is 24.2 Å². The van der Waals surface area contributed by atoms with Crippen molar-refractivity contribution in [1.82, 2.24) is 4.90 Å². The maximum Gasteiger partial charge on any atom is 0.266 e. The molecule has 1 saturated heterocycles. The van der Waals surface area contributed by atoms with E-state index in [1.165, 1.54) is 28.8 Å². The summed E-state index contributed by atoms with van der Waals surface area (Å²) < 4.78 is 11.9. The highest BCUT2D eigenvalue weighted by atomic mass is 127. The van der Waals surface area contributed by atoms with Gasteiger partial charge < -0.3 is 19.4 Å². The largest absolute Gasteiger partial charge is 0.545 e. The van der Waals surface area contributed by atoms with E-state index in [0.29, 0.717) is 33.9 Å². The van der Waals surface area contributed by atoms with Gasteiger partial charge in [0.05, 0.1) is 33.8 Å². The number of carboxylic acids is 1.